The lowest BCUT2D eigenvalue weighted by Gasteiger charge is -2.09. The lowest BCUT2D eigenvalue weighted by molar-refractivity contribution is 0.305. The minimum Gasteiger partial charge on any atom is -0.489 e. The van der Waals surface area contributed by atoms with Crippen LogP contribution in [0.4, 0.5) is 0 Å². The molecule has 0 aliphatic heterocycles. The van der Waals surface area contributed by atoms with Crippen molar-refractivity contribution >= 4 is 21.4 Å². The van der Waals surface area contributed by atoms with Crippen molar-refractivity contribution in [1.29, 1.82) is 0 Å². The van der Waals surface area contributed by atoms with Crippen LogP contribution in [-0.4, -0.2) is 0 Å². The Balaban J connectivity index is 1.92. The minimum atomic E-state index is 0.561. The molecule has 0 saturated heterocycles. The van der Waals surface area contributed by atoms with Gasteiger partial charge in [0, 0.05) is 21.7 Å². The Hall–Kier alpha value is -1.84. The topological polar surface area (TPSA) is 35.2 Å². The van der Waals surface area contributed by atoms with E-state index in [0.717, 1.165) is 11.3 Å². The summed E-state index contributed by atoms with van der Waals surface area (Å²) in [5.74, 6) is 0.936. The van der Waals surface area contributed by atoms with Gasteiger partial charge in [0.25, 0.3) is 0 Å². The maximum atomic E-state index is 5.98. The van der Waals surface area contributed by atoms with Gasteiger partial charge in [-0.05, 0) is 30.0 Å². The molecule has 0 saturated carbocycles. The molecule has 1 aromatic heterocycles. The number of hydrogen-bond donors (Lipinski definition) is 1. The highest BCUT2D eigenvalue weighted by Gasteiger charge is 2.11. The van der Waals surface area contributed by atoms with Gasteiger partial charge in [0.1, 0.15) is 12.4 Å². The van der Waals surface area contributed by atoms with Crippen molar-refractivity contribution in [2.24, 2.45) is 5.73 Å². The molecule has 20 heavy (non-hydrogen) atoms. The fourth-order valence-corrected chi connectivity index (χ4v) is 3.43. The Morgan fingerprint density at radius 2 is 1.80 bits per heavy atom. The smallest absolute Gasteiger partial charge is 0.122 e. The highest BCUT2D eigenvalue weighted by molar-refractivity contribution is 7.19. The second kappa shape index (κ2) is 5.65. The summed E-state index contributed by atoms with van der Waals surface area (Å²) >= 11 is 1.76. The number of benzene rings is 2. The van der Waals surface area contributed by atoms with E-state index in [1.807, 2.05) is 18.2 Å². The van der Waals surface area contributed by atoms with E-state index in [1.165, 1.54) is 20.5 Å². The predicted octanol–water partition coefficient (Wildman–Crippen LogP) is 4.25. The molecule has 2 N–H and O–H groups in total. The van der Waals surface area contributed by atoms with Crippen molar-refractivity contribution in [2.75, 3.05) is 0 Å². The SMILES string of the molecule is Cc1ccccc1OCc1c(CN)sc2ccccc12. The summed E-state index contributed by atoms with van der Waals surface area (Å²) in [4.78, 5) is 1.21. The zero-order valence-corrected chi connectivity index (χ0v) is 12.2. The highest BCUT2D eigenvalue weighted by Crippen LogP contribution is 2.32. The van der Waals surface area contributed by atoms with Gasteiger partial charge in [0.15, 0.2) is 0 Å². The summed E-state index contributed by atoms with van der Waals surface area (Å²) in [6.07, 6.45) is 0. The molecule has 0 aliphatic rings. The molecule has 1 heterocycles. The van der Waals surface area contributed by atoms with E-state index in [2.05, 4.69) is 37.3 Å². The van der Waals surface area contributed by atoms with E-state index in [-0.39, 0.29) is 0 Å². The molecular formula is C17H17NOS. The van der Waals surface area contributed by atoms with Gasteiger partial charge in [-0.25, -0.2) is 0 Å². The molecule has 2 aromatic carbocycles. The number of fused-ring (bicyclic) bond motifs is 1. The van der Waals surface area contributed by atoms with Gasteiger partial charge in [-0.15, -0.1) is 11.3 Å². The van der Waals surface area contributed by atoms with Crippen molar-refractivity contribution in [3.8, 4) is 5.75 Å². The number of thiophene rings is 1. The zero-order chi connectivity index (χ0) is 13.9. The average molecular weight is 283 g/mol. The maximum absolute atomic E-state index is 5.98. The number of rotatable bonds is 4. The van der Waals surface area contributed by atoms with Gasteiger partial charge in [0.05, 0.1) is 0 Å². The molecule has 0 fully saturated rings. The van der Waals surface area contributed by atoms with Gasteiger partial charge in [-0.2, -0.15) is 0 Å². The average Bonchev–Trinajstić information content (AvgIpc) is 2.84. The van der Waals surface area contributed by atoms with Gasteiger partial charge >= 0.3 is 0 Å². The van der Waals surface area contributed by atoms with E-state index in [1.54, 1.807) is 11.3 Å². The van der Waals surface area contributed by atoms with Crippen LogP contribution in [0.2, 0.25) is 0 Å². The van der Waals surface area contributed by atoms with Crippen molar-refractivity contribution < 1.29 is 4.74 Å². The first-order valence-corrected chi connectivity index (χ1v) is 7.49. The highest BCUT2D eigenvalue weighted by atomic mass is 32.1. The molecule has 3 rings (SSSR count). The molecule has 0 atom stereocenters. The Labute approximate surface area is 122 Å². The number of para-hydroxylation sites is 1. The first-order valence-electron chi connectivity index (χ1n) is 6.67. The predicted molar refractivity (Wildman–Crippen MR) is 85.2 cm³/mol. The second-order valence-corrected chi connectivity index (χ2v) is 5.89. The van der Waals surface area contributed by atoms with E-state index in [9.17, 15) is 0 Å². The second-order valence-electron chi connectivity index (χ2n) is 4.76. The van der Waals surface area contributed by atoms with Crippen molar-refractivity contribution in [2.45, 2.75) is 20.1 Å². The van der Waals surface area contributed by atoms with Gasteiger partial charge < -0.3 is 10.5 Å². The van der Waals surface area contributed by atoms with E-state index in [0.29, 0.717) is 13.2 Å². The van der Waals surface area contributed by atoms with Crippen LogP contribution in [0.1, 0.15) is 16.0 Å². The molecule has 0 bridgehead atoms. The van der Waals surface area contributed by atoms with Crippen LogP contribution in [0.25, 0.3) is 10.1 Å². The Kier molecular flexibility index (Phi) is 3.72. The molecule has 102 valence electrons. The number of hydrogen-bond acceptors (Lipinski definition) is 3. The standard InChI is InChI=1S/C17H17NOS/c1-12-6-2-4-8-15(12)19-11-14-13-7-3-5-9-16(13)20-17(14)10-18/h2-9H,10-11,18H2,1H3. The Bertz CT molecular complexity index is 733. The first kappa shape index (κ1) is 13.2. The lowest BCUT2D eigenvalue weighted by atomic mass is 10.1. The summed E-state index contributed by atoms with van der Waals surface area (Å²) in [6.45, 7) is 3.19. The van der Waals surface area contributed by atoms with Crippen LogP contribution in [-0.2, 0) is 13.2 Å². The first-order chi connectivity index (χ1) is 9.79. The summed E-state index contributed by atoms with van der Waals surface area (Å²) < 4.78 is 7.26. The third-order valence-electron chi connectivity index (χ3n) is 3.43. The number of nitrogens with two attached hydrogens (primary N) is 1. The fraction of sp³-hybridized carbons (Fsp3) is 0.176. The lowest BCUT2D eigenvalue weighted by Crippen LogP contribution is -2.02. The summed E-state index contributed by atoms with van der Waals surface area (Å²) in [6, 6.07) is 16.5. The molecule has 0 radical (unpaired) electrons. The molecule has 3 heteroatoms. The largest absolute Gasteiger partial charge is 0.489 e. The van der Waals surface area contributed by atoms with Crippen LogP contribution >= 0.6 is 11.3 Å². The molecule has 2 nitrogen and oxygen atoms in total. The van der Waals surface area contributed by atoms with Crippen LogP contribution in [0.3, 0.4) is 0 Å². The molecule has 0 amide bonds. The zero-order valence-electron chi connectivity index (χ0n) is 11.4. The van der Waals surface area contributed by atoms with Crippen molar-refractivity contribution in [3.63, 3.8) is 0 Å². The van der Waals surface area contributed by atoms with E-state index in [4.69, 9.17) is 10.5 Å². The normalized spacial score (nSPS) is 10.9. The molecule has 0 spiro atoms. The minimum absolute atomic E-state index is 0.561. The summed E-state index contributed by atoms with van der Waals surface area (Å²) in [5, 5.41) is 1.26. The van der Waals surface area contributed by atoms with Crippen LogP contribution in [0, 0.1) is 6.92 Å². The quantitative estimate of drug-likeness (QED) is 0.777. The maximum Gasteiger partial charge on any atom is 0.122 e. The van der Waals surface area contributed by atoms with E-state index < -0.39 is 0 Å². The van der Waals surface area contributed by atoms with Crippen LogP contribution in [0.5, 0.6) is 5.75 Å². The molecular weight excluding hydrogens is 266 g/mol. The third kappa shape index (κ3) is 2.42. The van der Waals surface area contributed by atoms with E-state index >= 15 is 0 Å². The summed E-state index contributed by atoms with van der Waals surface area (Å²) in [5.41, 5.74) is 8.24. The number of aryl methyl sites for hydroxylation is 1. The summed E-state index contributed by atoms with van der Waals surface area (Å²) in [7, 11) is 0. The Morgan fingerprint density at radius 3 is 2.60 bits per heavy atom. The number of ether oxygens (including phenoxy) is 1. The van der Waals surface area contributed by atoms with Gasteiger partial charge in [0.2, 0.25) is 0 Å². The molecule has 0 aliphatic carbocycles. The van der Waals surface area contributed by atoms with Gasteiger partial charge in [-0.1, -0.05) is 36.4 Å². The van der Waals surface area contributed by atoms with Crippen LogP contribution in [0.15, 0.2) is 48.5 Å². The van der Waals surface area contributed by atoms with Crippen LogP contribution < -0.4 is 10.5 Å². The fourth-order valence-electron chi connectivity index (χ4n) is 2.34. The monoisotopic (exact) mass is 283 g/mol. The molecule has 0 unspecified atom stereocenters. The molecule has 3 aromatic rings. The third-order valence-corrected chi connectivity index (χ3v) is 4.67. The van der Waals surface area contributed by atoms with Crippen molar-refractivity contribution in [3.05, 3.63) is 64.5 Å². The Morgan fingerprint density at radius 1 is 1.05 bits per heavy atom. The van der Waals surface area contributed by atoms with Crippen molar-refractivity contribution in [1.82, 2.24) is 0 Å². The van der Waals surface area contributed by atoms with Gasteiger partial charge in [-0.3, -0.25) is 0 Å².